The van der Waals surface area contributed by atoms with Crippen molar-refractivity contribution in [2.75, 3.05) is 40.9 Å². The topological polar surface area (TPSA) is 105 Å². The molecule has 430 valence electrons. The SMILES string of the molecule is CC/C=C\C/C=C\C/C=C\C/C=C\C/C=C\CCCCCCCCCCCCCCCCCCCCCCCC(=O)NC(COP(=O)(O)OCC[N+](C)(C)C)C(O)/C=C/CC/C=C/CCCCCCCCCCC. The highest BCUT2D eigenvalue weighted by Gasteiger charge is 2.27. The van der Waals surface area contributed by atoms with Crippen LogP contribution in [0.2, 0.25) is 0 Å². The summed E-state index contributed by atoms with van der Waals surface area (Å²) < 4.78 is 23.7. The molecule has 3 unspecified atom stereocenters. The van der Waals surface area contributed by atoms with Crippen molar-refractivity contribution in [3.8, 4) is 0 Å². The summed E-state index contributed by atoms with van der Waals surface area (Å²) in [6, 6.07) is -0.865. The number of nitrogens with one attached hydrogen (secondary N) is 1. The Morgan fingerprint density at radius 2 is 0.824 bits per heavy atom. The number of rotatable bonds is 56. The molecule has 0 spiro atoms. The number of carbonyl (C=O) groups excluding carboxylic acids is 1. The van der Waals surface area contributed by atoms with E-state index in [2.05, 4.69) is 92.1 Å². The third-order valence-electron chi connectivity index (χ3n) is 13.6. The van der Waals surface area contributed by atoms with E-state index < -0.39 is 20.0 Å². The van der Waals surface area contributed by atoms with Gasteiger partial charge in [-0.15, -0.1) is 0 Å². The first-order valence-electron chi connectivity index (χ1n) is 31.0. The van der Waals surface area contributed by atoms with E-state index in [9.17, 15) is 19.4 Å². The minimum absolute atomic E-state index is 0.0552. The number of aliphatic hydroxyl groups is 1. The van der Waals surface area contributed by atoms with E-state index in [0.29, 0.717) is 17.4 Å². The van der Waals surface area contributed by atoms with Crippen LogP contribution in [-0.2, 0) is 18.4 Å². The average Bonchev–Trinajstić information content (AvgIpc) is 3.36. The second-order valence-electron chi connectivity index (χ2n) is 22.0. The molecule has 3 N–H and O–H groups in total. The van der Waals surface area contributed by atoms with Gasteiger partial charge in [0.05, 0.1) is 39.9 Å². The zero-order valence-corrected chi connectivity index (χ0v) is 50.0. The van der Waals surface area contributed by atoms with Gasteiger partial charge >= 0.3 is 7.82 Å². The van der Waals surface area contributed by atoms with Crippen molar-refractivity contribution < 1.29 is 32.9 Å². The molecular weight excluding hydrogens is 936 g/mol. The van der Waals surface area contributed by atoms with Gasteiger partial charge in [0.25, 0.3) is 0 Å². The molecule has 0 aromatic rings. The van der Waals surface area contributed by atoms with Gasteiger partial charge < -0.3 is 19.8 Å². The number of hydrogen-bond donors (Lipinski definition) is 3. The second-order valence-corrected chi connectivity index (χ2v) is 23.5. The van der Waals surface area contributed by atoms with Crippen molar-refractivity contribution in [2.24, 2.45) is 0 Å². The molecule has 0 saturated heterocycles. The molecule has 74 heavy (non-hydrogen) atoms. The number of nitrogens with zero attached hydrogens (tertiary/aromatic N) is 1. The molecule has 9 heteroatoms. The molecule has 0 aromatic heterocycles. The third kappa shape index (κ3) is 57.4. The fourth-order valence-electron chi connectivity index (χ4n) is 8.79. The molecule has 1 amide bonds. The van der Waals surface area contributed by atoms with Crippen molar-refractivity contribution >= 4 is 13.7 Å². The summed E-state index contributed by atoms with van der Waals surface area (Å²) >= 11 is 0. The third-order valence-corrected chi connectivity index (χ3v) is 14.6. The summed E-state index contributed by atoms with van der Waals surface area (Å²) in [6.07, 6.45) is 78.6. The highest BCUT2D eigenvalue weighted by molar-refractivity contribution is 7.47. The maximum atomic E-state index is 13.0. The molecule has 0 aromatic carbocycles. The Bertz CT molecular complexity index is 1480. The molecular formula is C65H120N2O6P+. The summed E-state index contributed by atoms with van der Waals surface area (Å²) in [5, 5.41) is 13.9. The van der Waals surface area contributed by atoms with Gasteiger partial charge in [0, 0.05) is 6.42 Å². The minimum atomic E-state index is -4.36. The van der Waals surface area contributed by atoms with E-state index in [1.54, 1.807) is 6.08 Å². The van der Waals surface area contributed by atoms with Crippen LogP contribution in [0.1, 0.15) is 271 Å². The standard InChI is InChI=1S/C65H119N2O6P/c1-6-8-10-12-14-16-18-20-22-23-24-25-26-27-28-29-30-31-32-33-34-35-36-37-38-39-40-41-42-43-45-47-49-51-53-55-57-59-65(69)66-63(62-73-74(70,71)72-61-60-67(3,4)5)64(68)58-56-54-52-50-48-46-44-21-19-17-15-13-11-9-7-2/h8,10,14,16,20,22,24-25,27-28,48,50,56,58,63-64,68H,6-7,9,11-13,15,17-19,21,23,26,29-47,49,51-55,57,59-62H2,1-5H3,(H-,66,69,70,71)/p+1/b10-8-,16-14-,22-20-,25-24-,28-27-,50-48+,58-56+. The van der Waals surface area contributed by atoms with Crippen molar-refractivity contribution in [2.45, 2.75) is 283 Å². The lowest BCUT2D eigenvalue weighted by Crippen LogP contribution is -2.45. The molecule has 0 saturated carbocycles. The Kier molecular flexibility index (Phi) is 53.7. The van der Waals surface area contributed by atoms with Gasteiger partial charge in [0.2, 0.25) is 5.91 Å². The first-order valence-corrected chi connectivity index (χ1v) is 32.5. The number of likely N-dealkylation sites (N-methyl/N-ethyl adjacent to an activating group) is 1. The van der Waals surface area contributed by atoms with Crippen molar-refractivity contribution in [3.05, 3.63) is 85.1 Å². The molecule has 0 heterocycles. The summed E-state index contributed by atoms with van der Waals surface area (Å²) in [5.41, 5.74) is 0. The fourth-order valence-corrected chi connectivity index (χ4v) is 9.53. The lowest BCUT2D eigenvalue weighted by atomic mass is 10.0. The van der Waals surface area contributed by atoms with E-state index >= 15 is 0 Å². The Morgan fingerprint density at radius 3 is 1.24 bits per heavy atom. The van der Waals surface area contributed by atoms with E-state index in [0.717, 1.165) is 70.6 Å². The number of hydrogen-bond acceptors (Lipinski definition) is 5. The number of aliphatic hydroxyl groups excluding tert-OH is 1. The molecule has 0 rings (SSSR count). The van der Waals surface area contributed by atoms with Crippen LogP contribution in [0.5, 0.6) is 0 Å². The van der Waals surface area contributed by atoms with Crippen LogP contribution < -0.4 is 5.32 Å². The zero-order chi connectivity index (χ0) is 54.2. The van der Waals surface area contributed by atoms with Crippen LogP contribution in [0.3, 0.4) is 0 Å². The number of amides is 1. The average molecular weight is 1060 g/mol. The largest absolute Gasteiger partial charge is 0.472 e. The van der Waals surface area contributed by atoms with Crippen molar-refractivity contribution in [1.29, 1.82) is 0 Å². The monoisotopic (exact) mass is 1060 g/mol. The molecule has 3 atom stereocenters. The van der Waals surface area contributed by atoms with Crippen LogP contribution in [-0.4, -0.2) is 73.4 Å². The predicted octanol–water partition coefficient (Wildman–Crippen LogP) is 19.2. The van der Waals surface area contributed by atoms with Gasteiger partial charge in [-0.3, -0.25) is 13.8 Å². The van der Waals surface area contributed by atoms with Gasteiger partial charge in [-0.1, -0.05) is 272 Å². The molecule has 8 nitrogen and oxygen atoms in total. The smallest absolute Gasteiger partial charge is 0.387 e. The Labute approximate surface area is 458 Å². The number of carbonyl (C=O) groups is 1. The molecule has 0 fully saturated rings. The van der Waals surface area contributed by atoms with Crippen molar-refractivity contribution in [1.82, 2.24) is 5.32 Å². The van der Waals surface area contributed by atoms with Gasteiger partial charge in [-0.2, -0.15) is 0 Å². The van der Waals surface area contributed by atoms with E-state index in [1.807, 2.05) is 27.2 Å². The quantitative estimate of drug-likeness (QED) is 0.0243. The Balaban J connectivity index is 4.00. The summed E-state index contributed by atoms with van der Waals surface area (Å²) in [7, 11) is 1.56. The molecule has 0 bridgehead atoms. The number of phosphoric ester groups is 1. The highest BCUT2D eigenvalue weighted by Crippen LogP contribution is 2.43. The lowest BCUT2D eigenvalue weighted by molar-refractivity contribution is -0.870. The maximum Gasteiger partial charge on any atom is 0.472 e. The Morgan fingerprint density at radius 1 is 0.473 bits per heavy atom. The van der Waals surface area contributed by atoms with Crippen LogP contribution in [0.25, 0.3) is 0 Å². The van der Waals surface area contributed by atoms with E-state index in [-0.39, 0.29) is 19.1 Å². The molecule has 0 aliphatic heterocycles. The first-order chi connectivity index (χ1) is 36.0. The summed E-state index contributed by atoms with van der Waals surface area (Å²) in [5.74, 6) is -0.185. The first kappa shape index (κ1) is 71.7. The van der Waals surface area contributed by atoms with Gasteiger partial charge in [0.1, 0.15) is 13.2 Å². The van der Waals surface area contributed by atoms with Gasteiger partial charge in [0.15, 0.2) is 0 Å². The van der Waals surface area contributed by atoms with Crippen LogP contribution >= 0.6 is 7.82 Å². The van der Waals surface area contributed by atoms with Crippen LogP contribution in [0.15, 0.2) is 85.1 Å². The summed E-state index contributed by atoms with van der Waals surface area (Å²) in [4.78, 5) is 23.3. The molecule has 0 aliphatic carbocycles. The van der Waals surface area contributed by atoms with Gasteiger partial charge in [-0.05, 0) is 77.0 Å². The Hall–Kier alpha value is -2.32. The number of allylic oxidation sites excluding steroid dienone is 13. The van der Waals surface area contributed by atoms with Crippen LogP contribution in [0, 0.1) is 0 Å². The summed E-state index contributed by atoms with van der Waals surface area (Å²) in [6.45, 7) is 4.69. The van der Waals surface area contributed by atoms with Gasteiger partial charge in [-0.25, -0.2) is 4.57 Å². The zero-order valence-electron chi connectivity index (χ0n) is 49.1. The number of quaternary nitrogens is 1. The predicted molar refractivity (Wildman–Crippen MR) is 323 cm³/mol. The van der Waals surface area contributed by atoms with Crippen LogP contribution in [0.4, 0.5) is 0 Å². The normalized spacial score (nSPS) is 14.4. The number of phosphoric acid groups is 1. The van der Waals surface area contributed by atoms with E-state index in [1.165, 1.54) is 180 Å². The molecule has 0 radical (unpaired) electrons. The van der Waals surface area contributed by atoms with E-state index in [4.69, 9.17) is 9.05 Å². The second kappa shape index (κ2) is 55.4. The van der Waals surface area contributed by atoms with Crippen molar-refractivity contribution in [3.63, 3.8) is 0 Å². The maximum absolute atomic E-state index is 13.0. The minimum Gasteiger partial charge on any atom is -0.387 e. The molecule has 0 aliphatic rings. The lowest BCUT2D eigenvalue weighted by Gasteiger charge is -2.25. The number of unbranched alkanes of at least 4 members (excludes halogenated alkanes) is 31. The fraction of sp³-hybridized carbons (Fsp3) is 0.769. The highest BCUT2D eigenvalue weighted by atomic mass is 31.2.